The number of fused-ring (bicyclic) bond motifs is 3. The molecular weight excluding hydrogens is 326 g/mol. The predicted molar refractivity (Wildman–Crippen MR) is 100 cm³/mol. The molecule has 3 aromatic rings. The van der Waals surface area contributed by atoms with E-state index in [1.807, 2.05) is 60.7 Å². The number of nitrogens with one attached hydrogen (secondary N) is 1. The highest BCUT2D eigenvalue weighted by Gasteiger charge is 2.22. The van der Waals surface area contributed by atoms with Crippen LogP contribution in [0.25, 0.3) is 11.1 Å². The molecule has 0 saturated carbocycles. The zero-order chi connectivity index (χ0) is 17.9. The number of ether oxygens (including phenoxy) is 1. The van der Waals surface area contributed by atoms with E-state index in [1.54, 1.807) is 12.1 Å². The number of hydrogen-bond donors (Lipinski definition) is 1. The maximum absolute atomic E-state index is 12.3. The Morgan fingerprint density at radius 2 is 1.62 bits per heavy atom. The summed E-state index contributed by atoms with van der Waals surface area (Å²) in [4.78, 5) is 24.4. The molecule has 26 heavy (non-hydrogen) atoms. The van der Waals surface area contributed by atoms with Gasteiger partial charge in [-0.3, -0.25) is 9.59 Å². The van der Waals surface area contributed by atoms with Crippen molar-refractivity contribution in [2.75, 3.05) is 11.9 Å². The second-order valence-corrected chi connectivity index (χ2v) is 6.17. The summed E-state index contributed by atoms with van der Waals surface area (Å²) >= 11 is 0. The number of ketones is 1. The average Bonchev–Trinajstić information content (AvgIpc) is 2.67. The molecule has 0 aliphatic heterocycles. The van der Waals surface area contributed by atoms with Gasteiger partial charge in [0.15, 0.2) is 12.4 Å². The summed E-state index contributed by atoms with van der Waals surface area (Å²) in [5, 5.41) is 2.83. The first kappa shape index (κ1) is 16.1. The molecule has 0 aromatic heterocycles. The molecule has 4 rings (SSSR count). The standard InChI is InChI=1S/C22H17NO3/c24-21-13-15-12-16(10-11-18(15)19-8-4-5-9-20(19)21)23-22(25)14-26-17-6-2-1-3-7-17/h1-12H,13-14H2,(H,23,25). The van der Waals surface area contributed by atoms with Crippen LogP contribution in [0.1, 0.15) is 15.9 Å². The Labute approximate surface area is 151 Å². The molecule has 0 atom stereocenters. The van der Waals surface area contributed by atoms with E-state index < -0.39 is 0 Å². The first-order chi connectivity index (χ1) is 12.7. The summed E-state index contributed by atoms with van der Waals surface area (Å²) in [6.07, 6.45) is 0.344. The van der Waals surface area contributed by atoms with Gasteiger partial charge in [-0.25, -0.2) is 0 Å². The van der Waals surface area contributed by atoms with E-state index in [1.165, 1.54) is 0 Å². The van der Waals surface area contributed by atoms with Crippen LogP contribution in [-0.4, -0.2) is 18.3 Å². The van der Waals surface area contributed by atoms with Gasteiger partial charge in [-0.05, 0) is 41.0 Å². The van der Waals surface area contributed by atoms with Gasteiger partial charge >= 0.3 is 0 Å². The normalized spacial score (nSPS) is 12.1. The molecule has 0 bridgehead atoms. The molecule has 4 heteroatoms. The number of rotatable bonds is 4. The maximum Gasteiger partial charge on any atom is 0.262 e. The molecular formula is C22H17NO3. The van der Waals surface area contributed by atoms with Crippen LogP contribution in [0.2, 0.25) is 0 Å². The smallest absolute Gasteiger partial charge is 0.262 e. The van der Waals surface area contributed by atoms with Crippen molar-refractivity contribution in [1.29, 1.82) is 0 Å². The van der Waals surface area contributed by atoms with Crippen LogP contribution in [0.5, 0.6) is 5.75 Å². The van der Waals surface area contributed by atoms with Gasteiger partial charge in [0.05, 0.1) is 0 Å². The second-order valence-electron chi connectivity index (χ2n) is 6.17. The van der Waals surface area contributed by atoms with E-state index in [4.69, 9.17) is 4.74 Å². The minimum Gasteiger partial charge on any atom is -0.484 e. The minimum absolute atomic E-state index is 0.0666. The quantitative estimate of drug-likeness (QED) is 0.775. The Balaban J connectivity index is 1.49. The van der Waals surface area contributed by atoms with E-state index in [0.717, 1.165) is 22.3 Å². The number of benzene rings is 3. The van der Waals surface area contributed by atoms with E-state index in [2.05, 4.69) is 5.32 Å². The first-order valence-electron chi connectivity index (χ1n) is 8.44. The summed E-state index contributed by atoms with van der Waals surface area (Å²) in [6, 6.07) is 22.5. The number of amides is 1. The molecule has 0 saturated heterocycles. The third-order valence-electron chi connectivity index (χ3n) is 4.37. The van der Waals surface area contributed by atoms with E-state index in [-0.39, 0.29) is 18.3 Å². The monoisotopic (exact) mass is 343 g/mol. The van der Waals surface area contributed by atoms with Gasteiger partial charge in [-0.1, -0.05) is 48.5 Å². The van der Waals surface area contributed by atoms with Crippen LogP contribution >= 0.6 is 0 Å². The van der Waals surface area contributed by atoms with Gasteiger partial charge in [-0.15, -0.1) is 0 Å². The van der Waals surface area contributed by atoms with Crippen molar-refractivity contribution in [3.05, 3.63) is 83.9 Å². The van der Waals surface area contributed by atoms with Crippen LogP contribution in [0, 0.1) is 0 Å². The van der Waals surface area contributed by atoms with Crippen molar-refractivity contribution < 1.29 is 14.3 Å². The topological polar surface area (TPSA) is 55.4 Å². The van der Waals surface area contributed by atoms with Crippen LogP contribution in [0.15, 0.2) is 72.8 Å². The van der Waals surface area contributed by atoms with Crippen molar-refractivity contribution in [3.8, 4) is 16.9 Å². The maximum atomic E-state index is 12.3. The fraction of sp³-hybridized carbons (Fsp3) is 0.0909. The number of carbonyl (C=O) groups is 2. The fourth-order valence-corrected chi connectivity index (χ4v) is 3.17. The molecule has 1 amide bonds. The van der Waals surface area contributed by atoms with Crippen molar-refractivity contribution >= 4 is 17.4 Å². The molecule has 3 aromatic carbocycles. The molecule has 0 unspecified atom stereocenters. The molecule has 0 spiro atoms. The minimum atomic E-state index is -0.240. The molecule has 1 aliphatic rings. The SMILES string of the molecule is O=C(COc1ccccc1)Nc1ccc2c(c1)CC(=O)c1ccccc1-2. The number of carbonyl (C=O) groups excluding carboxylic acids is 2. The third kappa shape index (κ3) is 3.22. The van der Waals surface area contributed by atoms with Crippen LogP contribution < -0.4 is 10.1 Å². The lowest BCUT2D eigenvalue weighted by Crippen LogP contribution is -2.20. The van der Waals surface area contributed by atoms with Gasteiger partial charge in [0.25, 0.3) is 5.91 Å². The Hall–Kier alpha value is -3.40. The predicted octanol–water partition coefficient (Wildman–Crippen LogP) is 4.11. The Kier molecular flexibility index (Phi) is 4.23. The van der Waals surface area contributed by atoms with Crippen molar-refractivity contribution in [2.24, 2.45) is 0 Å². The second kappa shape index (κ2) is 6.84. The number of Topliss-reactive ketones (excluding diaryl/α,β-unsaturated/α-hetero) is 1. The lowest BCUT2D eigenvalue weighted by atomic mass is 9.84. The van der Waals surface area contributed by atoms with E-state index >= 15 is 0 Å². The van der Waals surface area contributed by atoms with Gasteiger partial charge in [-0.2, -0.15) is 0 Å². The van der Waals surface area contributed by atoms with Gasteiger partial charge in [0.2, 0.25) is 0 Å². The first-order valence-corrected chi connectivity index (χ1v) is 8.44. The zero-order valence-electron chi connectivity index (χ0n) is 14.1. The van der Waals surface area contributed by atoms with Crippen LogP contribution in [0.4, 0.5) is 5.69 Å². The average molecular weight is 343 g/mol. The van der Waals surface area contributed by atoms with E-state index in [9.17, 15) is 9.59 Å². The van der Waals surface area contributed by atoms with Gasteiger partial charge in [0.1, 0.15) is 5.75 Å². The molecule has 0 heterocycles. The molecule has 1 N–H and O–H groups in total. The lowest BCUT2D eigenvalue weighted by Gasteiger charge is -2.19. The molecule has 0 fully saturated rings. The summed E-state index contributed by atoms with van der Waals surface area (Å²) in [6.45, 7) is -0.0666. The summed E-state index contributed by atoms with van der Waals surface area (Å²) < 4.78 is 5.45. The van der Waals surface area contributed by atoms with Gasteiger partial charge in [0, 0.05) is 17.7 Å². The molecule has 128 valence electrons. The lowest BCUT2D eigenvalue weighted by molar-refractivity contribution is -0.118. The van der Waals surface area contributed by atoms with Crippen LogP contribution in [-0.2, 0) is 11.2 Å². The summed E-state index contributed by atoms with van der Waals surface area (Å²) in [5.74, 6) is 0.510. The highest BCUT2D eigenvalue weighted by molar-refractivity contribution is 6.07. The largest absolute Gasteiger partial charge is 0.484 e. The number of para-hydroxylation sites is 1. The Morgan fingerprint density at radius 1 is 0.885 bits per heavy atom. The molecule has 0 radical (unpaired) electrons. The third-order valence-corrected chi connectivity index (χ3v) is 4.37. The highest BCUT2D eigenvalue weighted by Crippen LogP contribution is 2.34. The zero-order valence-corrected chi connectivity index (χ0v) is 14.1. The van der Waals surface area contributed by atoms with E-state index in [0.29, 0.717) is 17.9 Å². The highest BCUT2D eigenvalue weighted by atomic mass is 16.5. The Morgan fingerprint density at radius 3 is 2.42 bits per heavy atom. The fourth-order valence-electron chi connectivity index (χ4n) is 3.17. The number of anilines is 1. The summed E-state index contributed by atoms with van der Waals surface area (Å²) in [7, 11) is 0. The molecule has 4 nitrogen and oxygen atoms in total. The number of hydrogen-bond acceptors (Lipinski definition) is 3. The van der Waals surface area contributed by atoms with Crippen molar-refractivity contribution in [2.45, 2.75) is 6.42 Å². The van der Waals surface area contributed by atoms with Crippen molar-refractivity contribution in [1.82, 2.24) is 0 Å². The van der Waals surface area contributed by atoms with Crippen molar-refractivity contribution in [3.63, 3.8) is 0 Å². The summed E-state index contributed by atoms with van der Waals surface area (Å²) in [5.41, 5.74) is 4.34. The molecule has 1 aliphatic carbocycles. The van der Waals surface area contributed by atoms with Gasteiger partial charge < -0.3 is 10.1 Å². The Bertz CT molecular complexity index is 980. The van der Waals surface area contributed by atoms with Crippen LogP contribution in [0.3, 0.4) is 0 Å².